The average molecular weight is 217 g/mol. The summed E-state index contributed by atoms with van der Waals surface area (Å²) in [6.07, 6.45) is 0.920. The normalized spacial score (nSPS) is 20.7. The molecule has 1 aliphatic heterocycles. The molecular formula is C9H10Cl2N2. The summed E-state index contributed by atoms with van der Waals surface area (Å²) >= 11 is 11.9. The van der Waals surface area contributed by atoms with Crippen molar-refractivity contribution in [1.29, 1.82) is 0 Å². The van der Waals surface area contributed by atoms with E-state index in [0.29, 0.717) is 10.0 Å². The van der Waals surface area contributed by atoms with Crippen molar-refractivity contribution in [3.8, 4) is 0 Å². The summed E-state index contributed by atoms with van der Waals surface area (Å²) in [4.78, 5) is 0. The van der Waals surface area contributed by atoms with Crippen LogP contribution in [0.4, 0.5) is 5.69 Å². The molecule has 0 fully saturated rings. The summed E-state index contributed by atoms with van der Waals surface area (Å²) in [5, 5.41) is 4.51. The SMILES string of the molecule is N[C@@H]1CCNc2c(Cl)cc(Cl)cc21. The number of fused-ring (bicyclic) bond motifs is 1. The summed E-state index contributed by atoms with van der Waals surface area (Å²) in [6.45, 7) is 0.871. The van der Waals surface area contributed by atoms with E-state index >= 15 is 0 Å². The molecule has 1 aliphatic rings. The Morgan fingerprint density at radius 2 is 2.15 bits per heavy atom. The van der Waals surface area contributed by atoms with Gasteiger partial charge in [0.2, 0.25) is 0 Å². The molecule has 0 spiro atoms. The van der Waals surface area contributed by atoms with E-state index in [1.54, 1.807) is 6.07 Å². The van der Waals surface area contributed by atoms with E-state index in [1.807, 2.05) is 6.07 Å². The van der Waals surface area contributed by atoms with E-state index in [1.165, 1.54) is 0 Å². The molecule has 13 heavy (non-hydrogen) atoms. The molecule has 1 aromatic carbocycles. The maximum Gasteiger partial charge on any atom is 0.0655 e. The van der Waals surface area contributed by atoms with Gasteiger partial charge in [0.1, 0.15) is 0 Å². The largest absolute Gasteiger partial charge is 0.383 e. The van der Waals surface area contributed by atoms with Crippen LogP contribution in [0.1, 0.15) is 18.0 Å². The third kappa shape index (κ3) is 1.62. The highest BCUT2D eigenvalue weighted by Crippen LogP contribution is 2.36. The third-order valence-corrected chi connectivity index (χ3v) is 2.76. The molecule has 1 aromatic rings. The second kappa shape index (κ2) is 3.37. The minimum Gasteiger partial charge on any atom is -0.383 e. The topological polar surface area (TPSA) is 38.0 Å². The molecule has 0 radical (unpaired) electrons. The summed E-state index contributed by atoms with van der Waals surface area (Å²) in [7, 11) is 0. The van der Waals surface area contributed by atoms with Crippen LogP contribution in [0, 0.1) is 0 Å². The molecule has 0 aromatic heterocycles. The second-order valence-electron chi connectivity index (χ2n) is 3.17. The van der Waals surface area contributed by atoms with Crippen molar-refractivity contribution in [3.63, 3.8) is 0 Å². The van der Waals surface area contributed by atoms with Crippen LogP contribution in [-0.2, 0) is 0 Å². The van der Waals surface area contributed by atoms with Crippen LogP contribution in [0.15, 0.2) is 12.1 Å². The number of hydrogen-bond donors (Lipinski definition) is 2. The van der Waals surface area contributed by atoms with Gasteiger partial charge in [0, 0.05) is 17.6 Å². The van der Waals surface area contributed by atoms with Crippen LogP contribution in [0.5, 0.6) is 0 Å². The molecule has 70 valence electrons. The highest BCUT2D eigenvalue weighted by atomic mass is 35.5. The average Bonchev–Trinajstić information content (AvgIpc) is 2.07. The molecule has 0 saturated carbocycles. The van der Waals surface area contributed by atoms with Gasteiger partial charge in [-0.1, -0.05) is 23.2 Å². The molecular weight excluding hydrogens is 207 g/mol. The number of benzene rings is 1. The lowest BCUT2D eigenvalue weighted by Crippen LogP contribution is -2.22. The van der Waals surface area contributed by atoms with Crippen molar-refractivity contribution in [2.75, 3.05) is 11.9 Å². The lowest BCUT2D eigenvalue weighted by Gasteiger charge is -2.24. The smallest absolute Gasteiger partial charge is 0.0655 e. The Bertz CT molecular complexity index is 339. The van der Waals surface area contributed by atoms with Crippen molar-refractivity contribution in [2.45, 2.75) is 12.5 Å². The highest BCUT2D eigenvalue weighted by Gasteiger charge is 2.19. The first-order chi connectivity index (χ1) is 6.18. The van der Waals surface area contributed by atoms with E-state index in [0.717, 1.165) is 24.2 Å². The van der Waals surface area contributed by atoms with Gasteiger partial charge in [-0.2, -0.15) is 0 Å². The van der Waals surface area contributed by atoms with Crippen LogP contribution in [0.3, 0.4) is 0 Å². The molecule has 3 N–H and O–H groups in total. The Labute approximate surface area is 87.0 Å². The predicted molar refractivity (Wildman–Crippen MR) is 56.5 cm³/mol. The minimum absolute atomic E-state index is 0.0486. The van der Waals surface area contributed by atoms with Crippen molar-refractivity contribution in [3.05, 3.63) is 27.7 Å². The highest BCUT2D eigenvalue weighted by molar-refractivity contribution is 6.36. The Balaban J connectivity index is 2.56. The van der Waals surface area contributed by atoms with Crippen LogP contribution >= 0.6 is 23.2 Å². The van der Waals surface area contributed by atoms with Gasteiger partial charge in [0.15, 0.2) is 0 Å². The fraction of sp³-hybridized carbons (Fsp3) is 0.333. The molecule has 0 aliphatic carbocycles. The van der Waals surface area contributed by atoms with Crippen molar-refractivity contribution in [2.24, 2.45) is 5.73 Å². The number of halogens is 2. The molecule has 0 bridgehead atoms. The Morgan fingerprint density at radius 3 is 2.92 bits per heavy atom. The number of nitrogens with two attached hydrogens (primary N) is 1. The van der Waals surface area contributed by atoms with Crippen LogP contribution in [-0.4, -0.2) is 6.54 Å². The van der Waals surface area contributed by atoms with Crippen molar-refractivity contribution < 1.29 is 0 Å². The summed E-state index contributed by atoms with van der Waals surface area (Å²) in [5.41, 5.74) is 7.88. The Hall–Kier alpha value is -0.440. The van der Waals surface area contributed by atoms with E-state index in [-0.39, 0.29) is 6.04 Å². The first-order valence-electron chi connectivity index (χ1n) is 4.17. The monoisotopic (exact) mass is 216 g/mol. The lowest BCUT2D eigenvalue weighted by atomic mass is 9.99. The van der Waals surface area contributed by atoms with Gasteiger partial charge in [0.25, 0.3) is 0 Å². The fourth-order valence-corrected chi connectivity index (χ4v) is 2.16. The lowest BCUT2D eigenvalue weighted by molar-refractivity contribution is 0.655. The van der Waals surface area contributed by atoms with Crippen LogP contribution in [0.2, 0.25) is 10.0 Å². The predicted octanol–water partition coefficient (Wildman–Crippen LogP) is 2.81. The molecule has 0 unspecified atom stereocenters. The Kier molecular flexibility index (Phi) is 2.37. The van der Waals surface area contributed by atoms with Crippen LogP contribution < -0.4 is 11.1 Å². The van der Waals surface area contributed by atoms with Gasteiger partial charge < -0.3 is 11.1 Å². The van der Waals surface area contributed by atoms with Gasteiger partial charge in [-0.15, -0.1) is 0 Å². The van der Waals surface area contributed by atoms with Gasteiger partial charge >= 0.3 is 0 Å². The molecule has 0 saturated heterocycles. The molecule has 1 atom stereocenters. The van der Waals surface area contributed by atoms with E-state index in [2.05, 4.69) is 5.32 Å². The Morgan fingerprint density at radius 1 is 1.38 bits per heavy atom. The van der Waals surface area contributed by atoms with Crippen LogP contribution in [0.25, 0.3) is 0 Å². The van der Waals surface area contributed by atoms with Gasteiger partial charge in [0.05, 0.1) is 10.7 Å². The summed E-state index contributed by atoms with van der Waals surface area (Å²) < 4.78 is 0. The maximum atomic E-state index is 6.01. The molecule has 1 heterocycles. The van der Waals surface area contributed by atoms with E-state index in [4.69, 9.17) is 28.9 Å². The molecule has 0 amide bonds. The molecule has 2 rings (SSSR count). The number of rotatable bonds is 0. The van der Waals surface area contributed by atoms with Gasteiger partial charge in [-0.3, -0.25) is 0 Å². The number of anilines is 1. The quantitative estimate of drug-likeness (QED) is 0.701. The van der Waals surface area contributed by atoms with Gasteiger partial charge in [-0.25, -0.2) is 0 Å². The van der Waals surface area contributed by atoms with Crippen molar-refractivity contribution >= 4 is 28.9 Å². The fourth-order valence-electron chi connectivity index (χ4n) is 1.58. The van der Waals surface area contributed by atoms with E-state index in [9.17, 15) is 0 Å². The maximum absolute atomic E-state index is 6.01. The second-order valence-corrected chi connectivity index (χ2v) is 4.02. The zero-order valence-electron chi connectivity index (χ0n) is 6.98. The first kappa shape index (κ1) is 9.13. The third-order valence-electron chi connectivity index (χ3n) is 2.24. The molecule has 2 nitrogen and oxygen atoms in total. The van der Waals surface area contributed by atoms with E-state index < -0.39 is 0 Å². The first-order valence-corrected chi connectivity index (χ1v) is 4.92. The number of hydrogen-bond acceptors (Lipinski definition) is 2. The molecule has 4 heteroatoms. The minimum atomic E-state index is 0.0486. The zero-order chi connectivity index (χ0) is 9.42. The van der Waals surface area contributed by atoms with Crippen molar-refractivity contribution in [1.82, 2.24) is 0 Å². The summed E-state index contributed by atoms with van der Waals surface area (Å²) in [6, 6.07) is 3.65. The number of nitrogens with one attached hydrogen (secondary N) is 1. The standard InChI is InChI=1S/C9H10Cl2N2/c10-5-3-6-8(12)1-2-13-9(6)7(11)4-5/h3-4,8,13H,1-2,12H2/t8-/m1/s1. The zero-order valence-corrected chi connectivity index (χ0v) is 8.49. The van der Waals surface area contributed by atoms with Gasteiger partial charge in [-0.05, 0) is 24.1 Å². The summed E-state index contributed by atoms with van der Waals surface area (Å²) in [5.74, 6) is 0.